The minimum Gasteiger partial charge on any atom is -0.464 e. The van der Waals surface area contributed by atoms with Crippen molar-refractivity contribution in [2.75, 3.05) is 18.1 Å². The summed E-state index contributed by atoms with van der Waals surface area (Å²) in [6.07, 6.45) is 6.35. The smallest absolute Gasteiger partial charge is 0.302 e. The number of likely N-dealkylation sites (N-methyl/N-ethyl adjacent to an activating group) is 1. The molecular formula is C22H31NO3. The van der Waals surface area contributed by atoms with Gasteiger partial charge in [-0.15, -0.1) is 0 Å². The lowest BCUT2D eigenvalue weighted by Crippen LogP contribution is -2.63. The van der Waals surface area contributed by atoms with Crippen LogP contribution in [0.2, 0.25) is 0 Å². The molecule has 0 spiro atoms. The van der Waals surface area contributed by atoms with E-state index in [4.69, 9.17) is 4.74 Å². The van der Waals surface area contributed by atoms with Gasteiger partial charge in [0.2, 0.25) is 0 Å². The van der Waals surface area contributed by atoms with Crippen LogP contribution in [0.25, 0.3) is 0 Å². The molecular weight excluding hydrogens is 326 g/mol. The van der Waals surface area contributed by atoms with Crippen molar-refractivity contribution in [1.82, 2.24) is 0 Å². The fraction of sp³-hybridized carbons (Fsp3) is 0.682. The molecule has 4 aliphatic rings. The number of anilines is 1. The zero-order valence-electron chi connectivity index (χ0n) is 16.0. The molecule has 5 rings (SSSR count). The van der Waals surface area contributed by atoms with Crippen molar-refractivity contribution in [3.8, 4) is 0 Å². The summed E-state index contributed by atoms with van der Waals surface area (Å²) in [5.74, 6) is 1.02. The normalized spacial score (nSPS) is 36.0. The highest BCUT2D eigenvalue weighted by Gasteiger charge is 2.60. The van der Waals surface area contributed by atoms with Gasteiger partial charge in [-0.25, -0.2) is 0 Å². The Morgan fingerprint density at radius 1 is 1.23 bits per heavy atom. The van der Waals surface area contributed by atoms with Crippen LogP contribution >= 0.6 is 0 Å². The SMILES string of the molecule is CCN(c1ccccc1)C(COC(C)=O)C12CC3CC(CC(O)(C3)C1)C2. The Bertz CT molecular complexity index is 645. The first-order valence-electron chi connectivity index (χ1n) is 10.1. The monoisotopic (exact) mass is 357 g/mol. The second-order valence-electron chi connectivity index (χ2n) is 8.99. The fourth-order valence-electron chi connectivity index (χ4n) is 6.67. The van der Waals surface area contributed by atoms with E-state index in [2.05, 4.69) is 36.1 Å². The molecule has 1 aromatic rings. The molecule has 0 saturated heterocycles. The number of aliphatic hydroxyl groups is 1. The first kappa shape index (κ1) is 17.8. The van der Waals surface area contributed by atoms with Crippen LogP contribution in [-0.2, 0) is 9.53 Å². The number of carbonyl (C=O) groups is 1. The van der Waals surface area contributed by atoms with Crippen molar-refractivity contribution in [3.63, 3.8) is 0 Å². The van der Waals surface area contributed by atoms with Gasteiger partial charge in [0, 0.05) is 19.2 Å². The Kier molecular flexibility index (Phi) is 4.50. The van der Waals surface area contributed by atoms with Gasteiger partial charge >= 0.3 is 5.97 Å². The maximum Gasteiger partial charge on any atom is 0.302 e. The molecule has 4 saturated carbocycles. The van der Waals surface area contributed by atoms with Crippen molar-refractivity contribution >= 4 is 11.7 Å². The number of ether oxygens (including phenoxy) is 1. The summed E-state index contributed by atoms with van der Waals surface area (Å²) in [4.78, 5) is 14.0. The van der Waals surface area contributed by atoms with Gasteiger partial charge in [0.15, 0.2) is 0 Å². The highest BCUT2D eigenvalue weighted by atomic mass is 16.5. The molecule has 4 bridgehead atoms. The van der Waals surface area contributed by atoms with E-state index in [1.165, 1.54) is 19.0 Å². The van der Waals surface area contributed by atoms with Gasteiger partial charge < -0.3 is 14.7 Å². The Balaban J connectivity index is 1.70. The number of rotatable bonds is 6. The molecule has 3 atom stereocenters. The highest BCUT2D eigenvalue weighted by Crippen LogP contribution is 2.63. The fourth-order valence-corrected chi connectivity index (χ4v) is 6.67. The highest BCUT2D eigenvalue weighted by molar-refractivity contribution is 5.66. The molecule has 4 aliphatic carbocycles. The first-order valence-corrected chi connectivity index (χ1v) is 10.1. The average molecular weight is 357 g/mol. The van der Waals surface area contributed by atoms with E-state index in [0.717, 1.165) is 38.6 Å². The van der Waals surface area contributed by atoms with Crippen molar-refractivity contribution < 1.29 is 14.6 Å². The molecule has 0 heterocycles. The van der Waals surface area contributed by atoms with Gasteiger partial charge in [-0.1, -0.05) is 18.2 Å². The predicted octanol–water partition coefficient (Wildman–Crippen LogP) is 3.78. The molecule has 142 valence electrons. The number of para-hydroxylation sites is 1. The zero-order chi connectivity index (χ0) is 18.4. The lowest BCUT2D eigenvalue weighted by atomic mass is 9.46. The van der Waals surface area contributed by atoms with Gasteiger partial charge in [0.25, 0.3) is 0 Å². The Labute approximate surface area is 156 Å². The van der Waals surface area contributed by atoms with E-state index in [-0.39, 0.29) is 17.4 Å². The predicted molar refractivity (Wildman–Crippen MR) is 102 cm³/mol. The summed E-state index contributed by atoms with van der Waals surface area (Å²) in [7, 11) is 0. The lowest BCUT2D eigenvalue weighted by Gasteiger charge is -2.63. The standard InChI is InChI=1S/C22H31NO3/c1-3-23(19-7-5-4-6-8-19)20(14-26-16(2)24)21-10-17-9-18(11-21)13-22(25,12-17)15-21/h4-8,17-18,20,25H,3,9-15H2,1-2H3. The van der Waals surface area contributed by atoms with Crippen LogP contribution in [0.3, 0.4) is 0 Å². The minimum absolute atomic E-state index is 0.0418. The maximum atomic E-state index is 11.6. The third kappa shape index (κ3) is 3.13. The van der Waals surface area contributed by atoms with E-state index in [0.29, 0.717) is 18.4 Å². The van der Waals surface area contributed by atoms with Crippen molar-refractivity contribution in [3.05, 3.63) is 30.3 Å². The maximum absolute atomic E-state index is 11.6. The van der Waals surface area contributed by atoms with Crippen LogP contribution < -0.4 is 4.90 Å². The molecule has 3 unspecified atom stereocenters. The molecule has 0 aromatic heterocycles. The first-order chi connectivity index (χ1) is 12.4. The molecule has 1 N–H and O–H groups in total. The van der Waals surface area contributed by atoms with Crippen molar-refractivity contribution in [2.24, 2.45) is 17.3 Å². The summed E-state index contributed by atoms with van der Waals surface area (Å²) < 4.78 is 5.57. The van der Waals surface area contributed by atoms with Gasteiger partial charge in [-0.3, -0.25) is 4.79 Å². The number of carbonyl (C=O) groups excluding carboxylic acids is 1. The zero-order valence-corrected chi connectivity index (χ0v) is 16.0. The number of nitrogens with zero attached hydrogens (tertiary/aromatic N) is 1. The van der Waals surface area contributed by atoms with Crippen LogP contribution in [-0.4, -0.2) is 35.9 Å². The van der Waals surface area contributed by atoms with E-state index in [9.17, 15) is 9.90 Å². The molecule has 4 heteroatoms. The van der Waals surface area contributed by atoms with E-state index >= 15 is 0 Å². The number of benzene rings is 1. The summed E-state index contributed by atoms with van der Waals surface area (Å²) >= 11 is 0. The van der Waals surface area contributed by atoms with Gasteiger partial charge in [0.1, 0.15) is 6.61 Å². The van der Waals surface area contributed by atoms with Crippen molar-refractivity contribution in [1.29, 1.82) is 0 Å². The molecule has 0 aliphatic heterocycles. The molecule has 4 nitrogen and oxygen atoms in total. The topological polar surface area (TPSA) is 49.8 Å². The number of hydrogen-bond donors (Lipinski definition) is 1. The van der Waals surface area contributed by atoms with Crippen LogP contribution in [0.5, 0.6) is 0 Å². The quantitative estimate of drug-likeness (QED) is 0.787. The summed E-state index contributed by atoms with van der Waals surface area (Å²) in [5.41, 5.74) is 0.712. The second kappa shape index (κ2) is 6.56. The van der Waals surface area contributed by atoms with E-state index in [1.54, 1.807) is 0 Å². The Morgan fingerprint density at radius 3 is 2.42 bits per heavy atom. The lowest BCUT2D eigenvalue weighted by molar-refractivity contribution is -0.176. The van der Waals surface area contributed by atoms with E-state index < -0.39 is 5.60 Å². The summed E-state index contributed by atoms with van der Waals surface area (Å²) in [6, 6.07) is 10.6. The Hall–Kier alpha value is -1.55. The van der Waals surface area contributed by atoms with Gasteiger partial charge in [-0.05, 0) is 74.8 Å². The summed E-state index contributed by atoms with van der Waals surface area (Å²) in [5, 5.41) is 11.2. The largest absolute Gasteiger partial charge is 0.464 e. The molecule has 0 amide bonds. The van der Waals surface area contributed by atoms with Crippen LogP contribution in [0.4, 0.5) is 5.69 Å². The van der Waals surface area contributed by atoms with Crippen LogP contribution in [0, 0.1) is 17.3 Å². The molecule has 4 fully saturated rings. The third-order valence-corrected chi connectivity index (χ3v) is 7.03. The minimum atomic E-state index is -0.505. The molecule has 26 heavy (non-hydrogen) atoms. The van der Waals surface area contributed by atoms with Crippen LogP contribution in [0.15, 0.2) is 30.3 Å². The van der Waals surface area contributed by atoms with Crippen molar-refractivity contribution in [2.45, 2.75) is 64.0 Å². The third-order valence-electron chi connectivity index (χ3n) is 7.03. The van der Waals surface area contributed by atoms with Gasteiger partial charge in [0.05, 0.1) is 11.6 Å². The van der Waals surface area contributed by atoms with Gasteiger partial charge in [-0.2, -0.15) is 0 Å². The average Bonchev–Trinajstić information content (AvgIpc) is 2.56. The molecule has 1 aromatic carbocycles. The number of hydrogen-bond acceptors (Lipinski definition) is 4. The van der Waals surface area contributed by atoms with E-state index in [1.807, 2.05) is 6.07 Å². The Morgan fingerprint density at radius 2 is 1.88 bits per heavy atom. The molecule has 0 radical (unpaired) electrons. The number of esters is 1. The summed E-state index contributed by atoms with van der Waals surface area (Å²) in [6.45, 7) is 4.94. The second-order valence-corrected chi connectivity index (χ2v) is 8.99. The van der Waals surface area contributed by atoms with Crippen LogP contribution in [0.1, 0.15) is 52.4 Å².